The Balaban J connectivity index is 2.32. The van der Waals surface area contributed by atoms with Gasteiger partial charge in [-0.1, -0.05) is 12.1 Å². The smallest absolute Gasteiger partial charge is 0.320 e. The quantitative estimate of drug-likeness (QED) is 0.837. The van der Waals surface area contributed by atoms with Crippen molar-refractivity contribution < 1.29 is 9.90 Å². The summed E-state index contributed by atoms with van der Waals surface area (Å²) in [5.41, 5.74) is 7.38. The van der Waals surface area contributed by atoms with Gasteiger partial charge in [0.2, 0.25) is 0 Å². The van der Waals surface area contributed by atoms with Crippen LogP contribution in [0, 0.1) is 6.92 Å². The first-order chi connectivity index (χ1) is 8.06. The maximum Gasteiger partial charge on any atom is 0.320 e. The van der Waals surface area contributed by atoms with E-state index in [9.17, 15) is 4.79 Å². The number of nitrogens with two attached hydrogens (primary N) is 1. The van der Waals surface area contributed by atoms with Crippen LogP contribution in [0.15, 0.2) is 30.5 Å². The molecular weight excluding hydrogens is 216 g/mol. The van der Waals surface area contributed by atoms with E-state index in [1.807, 2.05) is 31.2 Å². The van der Waals surface area contributed by atoms with Gasteiger partial charge >= 0.3 is 5.97 Å². The maximum absolute atomic E-state index is 10.7. The lowest BCUT2D eigenvalue weighted by Crippen LogP contribution is -2.32. The summed E-state index contributed by atoms with van der Waals surface area (Å²) in [4.78, 5) is 14.9. The van der Waals surface area contributed by atoms with Gasteiger partial charge in [0, 0.05) is 17.3 Å². The van der Waals surface area contributed by atoms with Crippen molar-refractivity contribution in [3.63, 3.8) is 0 Å². The molecule has 0 aliphatic heterocycles. The van der Waals surface area contributed by atoms with Gasteiger partial charge in [-0.25, -0.2) is 0 Å². The summed E-state index contributed by atoms with van der Waals surface area (Å²) in [7, 11) is 0. The van der Waals surface area contributed by atoms with Crippen molar-refractivity contribution >= 4 is 16.7 Å². The predicted octanol–water partition coefficient (Wildman–Crippen LogP) is 1.50. The first-order valence-corrected chi connectivity index (χ1v) is 5.40. The van der Waals surface area contributed by atoms with E-state index in [-0.39, 0.29) is 0 Å². The van der Waals surface area contributed by atoms with Crippen LogP contribution < -0.4 is 5.73 Å². The van der Waals surface area contributed by atoms with Crippen LogP contribution in [0.5, 0.6) is 0 Å². The Morgan fingerprint density at radius 1 is 1.41 bits per heavy atom. The fourth-order valence-corrected chi connectivity index (χ4v) is 1.77. The Labute approximate surface area is 99.1 Å². The first-order valence-electron chi connectivity index (χ1n) is 5.40. The zero-order chi connectivity index (χ0) is 12.4. The molecule has 1 aromatic carbocycles. The van der Waals surface area contributed by atoms with E-state index in [0.717, 1.165) is 22.0 Å². The number of carboxylic acids is 1. The SMILES string of the molecule is Cc1cc2ccc(CC(N)C(=O)O)cc2cn1. The molecule has 0 amide bonds. The standard InChI is InChI=1S/C13H14N2O2/c1-8-4-10-3-2-9(5-11(10)7-15-8)6-12(14)13(16)17/h2-5,7,12H,6,14H2,1H3,(H,16,17). The van der Waals surface area contributed by atoms with E-state index in [0.29, 0.717) is 6.42 Å². The normalized spacial score (nSPS) is 12.6. The zero-order valence-electron chi connectivity index (χ0n) is 9.55. The number of carboxylic acid groups (broad SMARTS) is 1. The van der Waals surface area contributed by atoms with Gasteiger partial charge < -0.3 is 10.8 Å². The van der Waals surface area contributed by atoms with Crippen LogP contribution in [0.1, 0.15) is 11.3 Å². The number of carbonyl (C=O) groups is 1. The number of pyridine rings is 1. The van der Waals surface area contributed by atoms with Gasteiger partial charge in [0.15, 0.2) is 0 Å². The highest BCUT2D eigenvalue weighted by atomic mass is 16.4. The molecule has 0 fully saturated rings. The molecule has 17 heavy (non-hydrogen) atoms. The van der Waals surface area contributed by atoms with Gasteiger partial charge in [-0.05, 0) is 36.4 Å². The van der Waals surface area contributed by atoms with Gasteiger partial charge in [-0.2, -0.15) is 0 Å². The molecule has 0 aliphatic carbocycles. The molecule has 4 nitrogen and oxygen atoms in total. The second-order valence-electron chi connectivity index (χ2n) is 4.16. The zero-order valence-corrected chi connectivity index (χ0v) is 9.55. The van der Waals surface area contributed by atoms with Crippen LogP contribution in [0.25, 0.3) is 10.8 Å². The maximum atomic E-state index is 10.7. The monoisotopic (exact) mass is 230 g/mol. The van der Waals surface area contributed by atoms with Crippen molar-refractivity contribution in [1.29, 1.82) is 0 Å². The fourth-order valence-electron chi connectivity index (χ4n) is 1.77. The summed E-state index contributed by atoms with van der Waals surface area (Å²) in [6.45, 7) is 1.94. The molecule has 1 aromatic heterocycles. The molecule has 2 rings (SSSR count). The average molecular weight is 230 g/mol. The molecule has 3 N–H and O–H groups in total. The minimum atomic E-state index is -0.980. The third kappa shape index (κ3) is 2.60. The lowest BCUT2D eigenvalue weighted by atomic mass is 10.0. The molecule has 1 atom stereocenters. The third-order valence-electron chi connectivity index (χ3n) is 2.70. The molecule has 0 bridgehead atoms. The van der Waals surface area contributed by atoms with Gasteiger partial charge in [0.1, 0.15) is 6.04 Å². The number of aliphatic carboxylic acids is 1. The number of fused-ring (bicyclic) bond motifs is 1. The molecule has 4 heteroatoms. The highest BCUT2D eigenvalue weighted by Gasteiger charge is 2.12. The molecule has 0 saturated heterocycles. The van der Waals surface area contributed by atoms with E-state index < -0.39 is 12.0 Å². The molecule has 88 valence electrons. The van der Waals surface area contributed by atoms with Gasteiger partial charge in [0.05, 0.1) is 0 Å². The lowest BCUT2D eigenvalue weighted by molar-refractivity contribution is -0.138. The van der Waals surface area contributed by atoms with Gasteiger partial charge in [-0.3, -0.25) is 9.78 Å². The van der Waals surface area contributed by atoms with Crippen LogP contribution in [-0.4, -0.2) is 22.1 Å². The average Bonchev–Trinajstić information content (AvgIpc) is 2.29. The highest BCUT2D eigenvalue weighted by Crippen LogP contribution is 2.16. The highest BCUT2D eigenvalue weighted by molar-refractivity contribution is 5.83. The van der Waals surface area contributed by atoms with E-state index >= 15 is 0 Å². The van der Waals surface area contributed by atoms with Crippen LogP contribution in [0.3, 0.4) is 0 Å². The molecule has 1 heterocycles. The Hall–Kier alpha value is -1.94. The van der Waals surface area contributed by atoms with E-state index in [1.54, 1.807) is 6.20 Å². The number of hydrogen-bond acceptors (Lipinski definition) is 3. The van der Waals surface area contributed by atoms with Crippen molar-refractivity contribution in [3.8, 4) is 0 Å². The Morgan fingerprint density at radius 3 is 2.88 bits per heavy atom. The summed E-state index contributed by atoms with van der Waals surface area (Å²) in [6, 6.07) is 6.95. The second kappa shape index (κ2) is 4.51. The number of nitrogens with zero attached hydrogens (tertiary/aromatic N) is 1. The molecular formula is C13H14N2O2. The molecule has 0 saturated carbocycles. The van der Waals surface area contributed by atoms with Crippen LogP contribution in [0.2, 0.25) is 0 Å². The van der Waals surface area contributed by atoms with Crippen molar-refractivity contribution in [2.45, 2.75) is 19.4 Å². The van der Waals surface area contributed by atoms with E-state index in [2.05, 4.69) is 4.98 Å². The largest absolute Gasteiger partial charge is 0.480 e. The van der Waals surface area contributed by atoms with Crippen LogP contribution >= 0.6 is 0 Å². The Bertz CT molecular complexity index is 566. The van der Waals surface area contributed by atoms with Crippen molar-refractivity contribution in [3.05, 3.63) is 41.7 Å². The summed E-state index contributed by atoms with van der Waals surface area (Å²) >= 11 is 0. The lowest BCUT2D eigenvalue weighted by Gasteiger charge is -2.07. The van der Waals surface area contributed by atoms with Crippen molar-refractivity contribution in [2.24, 2.45) is 5.73 Å². The summed E-state index contributed by atoms with van der Waals surface area (Å²) in [5.74, 6) is -0.980. The molecule has 0 aliphatic rings. The topological polar surface area (TPSA) is 76.2 Å². The molecule has 0 radical (unpaired) electrons. The van der Waals surface area contributed by atoms with E-state index in [1.165, 1.54) is 0 Å². The van der Waals surface area contributed by atoms with Crippen molar-refractivity contribution in [1.82, 2.24) is 4.98 Å². The number of aromatic nitrogens is 1. The number of benzene rings is 1. The summed E-state index contributed by atoms with van der Waals surface area (Å²) in [5, 5.41) is 10.9. The predicted molar refractivity (Wildman–Crippen MR) is 65.8 cm³/mol. The third-order valence-corrected chi connectivity index (χ3v) is 2.70. The minimum absolute atomic E-state index is 0.332. The fraction of sp³-hybridized carbons (Fsp3) is 0.231. The van der Waals surface area contributed by atoms with E-state index in [4.69, 9.17) is 10.8 Å². The number of hydrogen-bond donors (Lipinski definition) is 2. The Morgan fingerprint density at radius 2 is 2.18 bits per heavy atom. The summed E-state index contributed by atoms with van der Waals surface area (Å²) < 4.78 is 0. The number of rotatable bonds is 3. The molecule has 0 spiro atoms. The summed E-state index contributed by atoms with van der Waals surface area (Å²) in [6.07, 6.45) is 2.12. The van der Waals surface area contributed by atoms with Crippen LogP contribution in [-0.2, 0) is 11.2 Å². The second-order valence-corrected chi connectivity index (χ2v) is 4.16. The molecule has 2 aromatic rings. The Kier molecular flexibility index (Phi) is 3.06. The van der Waals surface area contributed by atoms with Gasteiger partial charge in [0.25, 0.3) is 0 Å². The van der Waals surface area contributed by atoms with Gasteiger partial charge in [-0.15, -0.1) is 0 Å². The first kappa shape index (κ1) is 11.5. The van der Waals surface area contributed by atoms with Crippen molar-refractivity contribution in [2.75, 3.05) is 0 Å². The number of aryl methyl sites for hydroxylation is 1. The van der Waals surface area contributed by atoms with Crippen LogP contribution in [0.4, 0.5) is 0 Å². The minimum Gasteiger partial charge on any atom is -0.480 e. The molecule has 1 unspecified atom stereocenters.